The summed E-state index contributed by atoms with van der Waals surface area (Å²) in [6.45, 7) is 2.90. The molecule has 0 aromatic carbocycles. The first kappa shape index (κ1) is 13.1. The summed E-state index contributed by atoms with van der Waals surface area (Å²) in [7, 11) is 0. The first-order chi connectivity index (χ1) is 8.22. The van der Waals surface area contributed by atoms with Gasteiger partial charge >= 0.3 is 0 Å². The van der Waals surface area contributed by atoms with Crippen molar-refractivity contribution in [1.82, 2.24) is 4.90 Å². The molecule has 1 aliphatic carbocycles. The van der Waals surface area contributed by atoms with Gasteiger partial charge in [0.15, 0.2) is 0 Å². The van der Waals surface area contributed by atoms with E-state index >= 15 is 0 Å². The minimum Gasteiger partial charge on any atom is -0.335 e. The van der Waals surface area contributed by atoms with E-state index in [9.17, 15) is 4.79 Å². The standard InChI is InChI=1S/C13H18BrNOS/c1-2-15(10-6-4-3-5-7-10)13(16)11-8-9-12(14)17-11/h8-10H,2-7H2,1H3. The first-order valence-corrected chi connectivity index (χ1v) is 7.89. The normalized spacial score (nSPS) is 17.1. The molecule has 1 heterocycles. The Morgan fingerprint density at radius 2 is 2.12 bits per heavy atom. The second kappa shape index (κ2) is 6.01. The van der Waals surface area contributed by atoms with Gasteiger partial charge in [0, 0.05) is 12.6 Å². The number of carbonyl (C=O) groups is 1. The summed E-state index contributed by atoms with van der Waals surface area (Å²) in [4.78, 5) is 15.3. The Labute approximate surface area is 115 Å². The van der Waals surface area contributed by atoms with Crippen molar-refractivity contribution in [2.75, 3.05) is 6.54 Å². The van der Waals surface area contributed by atoms with E-state index in [0.717, 1.165) is 15.2 Å². The van der Waals surface area contributed by atoms with Gasteiger partial charge in [-0.25, -0.2) is 0 Å². The average molecular weight is 316 g/mol. The summed E-state index contributed by atoms with van der Waals surface area (Å²) < 4.78 is 1.03. The number of amides is 1. The van der Waals surface area contributed by atoms with Crippen LogP contribution >= 0.6 is 27.3 Å². The highest BCUT2D eigenvalue weighted by atomic mass is 79.9. The van der Waals surface area contributed by atoms with Crippen LogP contribution in [0.1, 0.15) is 48.7 Å². The van der Waals surface area contributed by atoms with Gasteiger partial charge in [-0.3, -0.25) is 4.79 Å². The zero-order valence-corrected chi connectivity index (χ0v) is 12.5. The number of nitrogens with zero attached hydrogens (tertiary/aromatic N) is 1. The third kappa shape index (κ3) is 3.10. The number of carbonyl (C=O) groups excluding carboxylic acids is 1. The molecular formula is C13H18BrNOS. The summed E-state index contributed by atoms with van der Waals surface area (Å²) >= 11 is 4.94. The average Bonchev–Trinajstić information content (AvgIpc) is 2.78. The molecule has 2 rings (SSSR count). The van der Waals surface area contributed by atoms with Crippen molar-refractivity contribution in [2.24, 2.45) is 0 Å². The summed E-state index contributed by atoms with van der Waals surface area (Å²) in [6, 6.07) is 4.33. The van der Waals surface area contributed by atoms with Gasteiger partial charge in [-0.1, -0.05) is 19.3 Å². The molecule has 4 heteroatoms. The van der Waals surface area contributed by atoms with Crippen molar-refractivity contribution >= 4 is 33.2 Å². The van der Waals surface area contributed by atoms with Crippen LogP contribution in [0.4, 0.5) is 0 Å². The molecule has 0 bridgehead atoms. The fourth-order valence-corrected chi connectivity index (χ4v) is 3.87. The molecule has 1 aromatic heterocycles. The first-order valence-electron chi connectivity index (χ1n) is 6.28. The number of rotatable bonds is 3. The van der Waals surface area contributed by atoms with E-state index < -0.39 is 0 Å². The van der Waals surface area contributed by atoms with Crippen molar-refractivity contribution < 1.29 is 4.79 Å². The molecule has 1 saturated carbocycles. The van der Waals surface area contributed by atoms with Crippen LogP contribution in [0, 0.1) is 0 Å². The molecule has 0 unspecified atom stereocenters. The summed E-state index contributed by atoms with van der Waals surface area (Å²) in [5.74, 6) is 0.204. The number of thiophene rings is 1. The van der Waals surface area contributed by atoms with E-state index in [-0.39, 0.29) is 5.91 Å². The maximum atomic E-state index is 12.4. The van der Waals surface area contributed by atoms with Crippen LogP contribution in [-0.2, 0) is 0 Å². The van der Waals surface area contributed by atoms with Gasteiger partial charge in [-0.2, -0.15) is 0 Å². The van der Waals surface area contributed by atoms with Crippen molar-refractivity contribution in [3.8, 4) is 0 Å². The van der Waals surface area contributed by atoms with Crippen molar-refractivity contribution in [3.05, 3.63) is 20.8 Å². The zero-order chi connectivity index (χ0) is 12.3. The summed E-state index contributed by atoms with van der Waals surface area (Å²) in [5, 5.41) is 0. The second-order valence-electron chi connectivity index (χ2n) is 4.49. The van der Waals surface area contributed by atoms with Crippen LogP contribution in [0.2, 0.25) is 0 Å². The Balaban J connectivity index is 2.09. The van der Waals surface area contributed by atoms with E-state index in [1.165, 1.54) is 43.4 Å². The maximum absolute atomic E-state index is 12.4. The molecule has 0 saturated heterocycles. The lowest BCUT2D eigenvalue weighted by Gasteiger charge is -2.33. The quantitative estimate of drug-likeness (QED) is 0.814. The predicted octanol–water partition coefficient (Wildman–Crippen LogP) is 4.31. The van der Waals surface area contributed by atoms with Crippen LogP contribution in [0.15, 0.2) is 15.9 Å². The Morgan fingerprint density at radius 3 is 2.65 bits per heavy atom. The molecule has 94 valence electrons. The van der Waals surface area contributed by atoms with Crippen LogP contribution in [-0.4, -0.2) is 23.4 Å². The lowest BCUT2D eigenvalue weighted by Crippen LogP contribution is -2.40. The second-order valence-corrected chi connectivity index (χ2v) is 6.95. The molecule has 0 N–H and O–H groups in total. The smallest absolute Gasteiger partial charge is 0.264 e. The van der Waals surface area contributed by atoms with E-state index in [4.69, 9.17) is 0 Å². The minimum absolute atomic E-state index is 0.204. The van der Waals surface area contributed by atoms with Gasteiger partial charge in [-0.15, -0.1) is 11.3 Å². The third-order valence-electron chi connectivity index (χ3n) is 3.40. The van der Waals surface area contributed by atoms with Crippen molar-refractivity contribution in [3.63, 3.8) is 0 Å². The van der Waals surface area contributed by atoms with Gasteiger partial charge < -0.3 is 4.90 Å². The van der Waals surface area contributed by atoms with E-state index in [2.05, 4.69) is 27.8 Å². The zero-order valence-electron chi connectivity index (χ0n) is 10.1. The predicted molar refractivity (Wildman–Crippen MR) is 75.6 cm³/mol. The van der Waals surface area contributed by atoms with Gasteiger partial charge in [0.25, 0.3) is 5.91 Å². The molecule has 1 aromatic rings. The van der Waals surface area contributed by atoms with Crippen molar-refractivity contribution in [1.29, 1.82) is 0 Å². The SMILES string of the molecule is CCN(C(=O)c1ccc(Br)s1)C1CCCCC1. The van der Waals surface area contributed by atoms with E-state index in [1.807, 2.05) is 12.1 Å². The number of hydrogen-bond acceptors (Lipinski definition) is 2. The summed E-state index contributed by atoms with van der Waals surface area (Å²) in [6.07, 6.45) is 6.20. The largest absolute Gasteiger partial charge is 0.335 e. The highest BCUT2D eigenvalue weighted by Crippen LogP contribution is 2.27. The molecule has 1 amide bonds. The molecule has 2 nitrogen and oxygen atoms in total. The van der Waals surface area contributed by atoms with Crippen LogP contribution < -0.4 is 0 Å². The van der Waals surface area contributed by atoms with Gasteiger partial charge in [0.05, 0.1) is 8.66 Å². The van der Waals surface area contributed by atoms with E-state index in [0.29, 0.717) is 6.04 Å². The Hall–Kier alpha value is -0.350. The number of halogens is 1. The van der Waals surface area contributed by atoms with Gasteiger partial charge in [0.1, 0.15) is 0 Å². The molecule has 0 aliphatic heterocycles. The molecule has 1 fully saturated rings. The maximum Gasteiger partial charge on any atom is 0.264 e. The Bertz CT molecular complexity index is 385. The minimum atomic E-state index is 0.204. The molecule has 0 spiro atoms. The molecule has 17 heavy (non-hydrogen) atoms. The van der Waals surface area contributed by atoms with Crippen LogP contribution in [0.5, 0.6) is 0 Å². The third-order valence-corrected chi connectivity index (χ3v) is 5.01. The van der Waals surface area contributed by atoms with E-state index in [1.54, 1.807) is 0 Å². The monoisotopic (exact) mass is 315 g/mol. The fourth-order valence-electron chi connectivity index (χ4n) is 2.53. The lowest BCUT2D eigenvalue weighted by molar-refractivity contribution is 0.0653. The van der Waals surface area contributed by atoms with Gasteiger partial charge in [0.2, 0.25) is 0 Å². The molecule has 0 atom stereocenters. The number of hydrogen-bond donors (Lipinski definition) is 0. The lowest BCUT2D eigenvalue weighted by atomic mass is 9.94. The molecular weight excluding hydrogens is 298 g/mol. The summed E-state index contributed by atoms with van der Waals surface area (Å²) in [5.41, 5.74) is 0. The molecule has 0 radical (unpaired) electrons. The topological polar surface area (TPSA) is 20.3 Å². The van der Waals surface area contributed by atoms with Gasteiger partial charge in [-0.05, 0) is 47.8 Å². The Morgan fingerprint density at radius 1 is 1.41 bits per heavy atom. The Kier molecular flexibility index (Phi) is 4.62. The van der Waals surface area contributed by atoms with Crippen molar-refractivity contribution in [2.45, 2.75) is 45.1 Å². The molecule has 1 aliphatic rings. The van der Waals surface area contributed by atoms with Crippen LogP contribution in [0.25, 0.3) is 0 Å². The highest BCUT2D eigenvalue weighted by molar-refractivity contribution is 9.11. The fraction of sp³-hybridized carbons (Fsp3) is 0.615. The highest BCUT2D eigenvalue weighted by Gasteiger charge is 2.25. The van der Waals surface area contributed by atoms with Crippen LogP contribution in [0.3, 0.4) is 0 Å².